The SMILES string of the molecule is CC=CC(=O)NC(C(=O)NC(C)C(=O)NC(C(=O)NC(CC=CCOC(C)=O)C(=O)OC)C(C)OC(C)(C)C)C(C)OC(C)(C)C. The molecule has 14 heteroatoms. The van der Waals surface area contributed by atoms with Crippen molar-refractivity contribution in [3.8, 4) is 0 Å². The van der Waals surface area contributed by atoms with Crippen molar-refractivity contribution in [2.75, 3.05) is 13.7 Å². The van der Waals surface area contributed by atoms with Crippen molar-refractivity contribution in [2.24, 2.45) is 0 Å². The second kappa shape index (κ2) is 19.7. The van der Waals surface area contributed by atoms with Crippen molar-refractivity contribution in [2.45, 2.75) is 130 Å². The molecule has 0 aliphatic carbocycles. The van der Waals surface area contributed by atoms with Crippen LogP contribution in [0.1, 0.15) is 82.6 Å². The molecule has 0 saturated heterocycles. The molecule has 46 heavy (non-hydrogen) atoms. The third kappa shape index (κ3) is 17.6. The first kappa shape index (κ1) is 42.2. The number of ether oxygens (including phenoxy) is 4. The van der Waals surface area contributed by atoms with Crippen molar-refractivity contribution in [1.29, 1.82) is 0 Å². The van der Waals surface area contributed by atoms with E-state index < -0.39 is 83.1 Å². The molecule has 6 atom stereocenters. The number of carbonyl (C=O) groups excluding carboxylic acids is 6. The van der Waals surface area contributed by atoms with Crippen LogP contribution in [0.4, 0.5) is 0 Å². The highest BCUT2D eigenvalue weighted by molar-refractivity contribution is 5.96. The molecule has 0 spiro atoms. The molecule has 0 aliphatic rings. The maximum Gasteiger partial charge on any atom is 0.328 e. The molecular weight excluding hydrogens is 600 g/mol. The first-order valence-corrected chi connectivity index (χ1v) is 15.2. The van der Waals surface area contributed by atoms with Gasteiger partial charge in [-0.25, -0.2) is 4.79 Å². The van der Waals surface area contributed by atoms with Crippen LogP contribution in [0.15, 0.2) is 24.3 Å². The van der Waals surface area contributed by atoms with Gasteiger partial charge in [0.15, 0.2) is 0 Å². The summed E-state index contributed by atoms with van der Waals surface area (Å²) in [4.78, 5) is 75.9. The normalized spacial score (nSPS) is 16.0. The molecule has 4 amide bonds. The molecule has 0 aromatic carbocycles. The summed E-state index contributed by atoms with van der Waals surface area (Å²) in [5.74, 6) is -3.87. The van der Waals surface area contributed by atoms with Gasteiger partial charge in [-0.3, -0.25) is 24.0 Å². The number of allylic oxidation sites excluding steroid dienone is 1. The van der Waals surface area contributed by atoms with Gasteiger partial charge in [-0.15, -0.1) is 0 Å². The molecule has 0 saturated carbocycles. The third-order valence-electron chi connectivity index (χ3n) is 5.97. The number of amides is 4. The van der Waals surface area contributed by atoms with Crippen molar-refractivity contribution in [1.82, 2.24) is 21.3 Å². The molecule has 0 rings (SSSR count). The highest BCUT2D eigenvalue weighted by Gasteiger charge is 2.36. The average Bonchev–Trinajstić information content (AvgIpc) is 2.90. The van der Waals surface area contributed by atoms with Crippen LogP contribution in [0.3, 0.4) is 0 Å². The third-order valence-corrected chi connectivity index (χ3v) is 5.97. The summed E-state index contributed by atoms with van der Waals surface area (Å²) in [6, 6.07) is -4.73. The van der Waals surface area contributed by atoms with Gasteiger partial charge < -0.3 is 40.2 Å². The first-order valence-electron chi connectivity index (χ1n) is 15.2. The Bertz CT molecular complexity index is 1110. The fourth-order valence-electron chi connectivity index (χ4n) is 4.13. The van der Waals surface area contributed by atoms with E-state index in [0.29, 0.717) is 0 Å². The molecule has 262 valence electrons. The van der Waals surface area contributed by atoms with Crippen molar-refractivity contribution < 1.29 is 47.7 Å². The van der Waals surface area contributed by atoms with Crippen molar-refractivity contribution in [3.63, 3.8) is 0 Å². The number of hydrogen-bond acceptors (Lipinski definition) is 10. The minimum atomic E-state index is -1.29. The van der Waals surface area contributed by atoms with E-state index in [4.69, 9.17) is 18.9 Å². The van der Waals surface area contributed by atoms with Crippen LogP contribution in [-0.4, -0.2) is 96.9 Å². The Morgan fingerprint density at radius 1 is 0.717 bits per heavy atom. The fraction of sp³-hybridized carbons (Fsp3) is 0.688. The zero-order chi connectivity index (χ0) is 35.8. The number of nitrogens with one attached hydrogen (secondary N) is 4. The van der Waals surface area contributed by atoms with Gasteiger partial charge in [-0.2, -0.15) is 0 Å². The van der Waals surface area contributed by atoms with Crippen LogP contribution >= 0.6 is 0 Å². The second-order valence-corrected chi connectivity index (χ2v) is 12.7. The molecule has 0 fully saturated rings. The van der Waals surface area contributed by atoms with E-state index in [9.17, 15) is 28.8 Å². The van der Waals surface area contributed by atoms with E-state index in [1.807, 2.05) is 0 Å². The predicted octanol–water partition coefficient (Wildman–Crippen LogP) is 1.61. The molecule has 6 unspecified atom stereocenters. The molecule has 14 nitrogen and oxygen atoms in total. The monoisotopic (exact) mass is 654 g/mol. The summed E-state index contributed by atoms with van der Waals surface area (Å²) in [5, 5.41) is 10.4. The highest BCUT2D eigenvalue weighted by Crippen LogP contribution is 2.15. The van der Waals surface area contributed by atoms with Crippen LogP contribution in [0.2, 0.25) is 0 Å². The van der Waals surface area contributed by atoms with E-state index in [2.05, 4.69) is 21.3 Å². The molecule has 0 radical (unpaired) electrons. The molecular formula is C32H54N4O10. The van der Waals surface area contributed by atoms with Crippen molar-refractivity contribution >= 4 is 35.6 Å². The summed E-state index contributed by atoms with van der Waals surface area (Å²) in [6.45, 7) is 18.3. The summed E-state index contributed by atoms with van der Waals surface area (Å²) in [6.07, 6.45) is 4.21. The van der Waals surface area contributed by atoms with E-state index in [1.54, 1.807) is 68.4 Å². The summed E-state index contributed by atoms with van der Waals surface area (Å²) in [7, 11) is 1.17. The zero-order valence-corrected chi connectivity index (χ0v) is 29.3. The lowest BCUT2D eigenvalue weighted by atomic mass is 10.1. The van der Waals surface area contributed by atoms with Gasteiger partial charge >= 0.3 is 11.9 Å². The van der Waals surface area contributed by atoms with Crippen LogP contribution in [0.5, 0.6) is 0 Å². The Labute approximate surface area is 272 Å². The van der Waals surface area contributed by atoms with Gasteiger partial charge in [0.2, 0.25) is 23.6 Å². The Balaban J connectivity index is 5.99. The van der Waals surface area contributed by atoms with Gasteiger partial charge in [0, 0.05) is 6.92 Å². The topological polar surface area (TPSA) is 187 Å². The highest BCUT2D eigenvalue weighted by atomic mass is 16.5. The van der Waals surface area contributed by atoms with Crippen LogP contribution in [0, 0.1) is 0 Å². The molecule has 0 aromatic rings. The van der Waals surface area contributed by atoms with Crippen LogP contribution in [0.25, 0.3) is 0 Å². The minimum Gasteiger partial charge on any atom is -0.467 e. The largest absolute Gasteiger partial charge is 0.467 e. The van der Waals surface area contributed by atoms with Crippen LogP contribution in [-0.2, 0) is 47.7 Å². The van der Waals surface area contributed by atoms with Gasteiger partial charge in [-0.05, 0) is 81.7 Å². The fourth-order valence-corrected chi connectivity index (χ4v) is 4.13. The van der Waals surface area contributed by atoms with Crippen molar-refractivity contribution in [3.05, 3.63) is 24.3 Å². The Hall–Kier alpha value is -3.78. The minimum absolute atomic E-state index is 0.0104. The smallest absolute Gasteiger partial charge is 0.328 e. The molecule has 0 aliphatic heterocycles. The second-order valence-electron chi connectivity index (χ2n) is 12.7. The molecule has 4 N–H and O–H groups in total. The number of methoxy groups -OCH3 is 1. The Kier molecular flexibility index (Phi) is 18.1. The Morgan fingerprint density at radius 3 is 1.67 bits per heavy atom. The summed E-state index contributed by atoms with van der Waals surface area (Å²) < 4.78 is 21.5. The first-order chi connectivity index (χ1) is 21.1. The van der Waals surface area contributed by atoms with E-state index >= 15 is 0 Å². The summed E-state index contributed by atoms with van der Waals surface area (Å²) >= 11 is 0. The van der Waals surface area contributed by atoms with Gasteiger partial charge in [0.1, 0.15) is 30.8 Å². The van der Waals surface area contributed by atoms with Gasteiger partial charge in [0.25, 0.3) is 0 Å². The lowest BCUT2D eigenvalue weighted by molar-refractivity contribution is -0.147. The number of esters is 2. The van der Waals surface area contributed by atoms with Gasteiger partial charge in [0.05, 0.1) is 30.5 Å². The number of hydrogen-bond donors (Lipinski definition) is 4. The number of rotatable bonds is 17. The molecule has 0 heterocycles. The van der Waals surface area contributed by atoms with E-state index in [0.717, 1.165) is 0 Å². The Morgan fingerprint density at radius 2 is 1.22 bits per heavy atom. The average molecular weight is 655 g/mol. The zero-order valence-electron chi connectivity index (χ0n) is 29.3. The van der Waals surface area contributed by atoms with E-state index in [1.165, 1.54) is 39.2 Å². The maximum atomic E-state index is 13.5. The molecule has 0 bridgehead atoms. The maximum absolute atomic E-state index is 13.5. The lowest BCUT2D eigenvalue weighted by Crippen LogP contribution is -2.61. The van der Waals surface area contributed by atoms with Crippen LogP contribution < -0.4 is 21.3 Å². The summed E-state index contributed by atoms with van der Waals surface area (Å²) in [5.41, 5.74) is -1.33. The number of carbonyl (C=O) groups is 6. The predicted molar refractivity (Wildman–Crippen MR) is 171 cm³/mol. The lowest BCUT2D eigenvalue weighted by Gasteiger charge is -2.33. The van der Waals surface area contributed by atoms with Gasteiger partial charge in [-0.1, -0.05) is 18.2 Å². The quantitative estimate of drug-likeness (QED) is 0.102. The standard InChI is InChI=1S/C32H54N4O10/c1-13-16-24(38)35-25(20(3)45-31(6,7)8)28(40)33-19(2)27(39)36-26(21(4)46-32(9,10)11)29(41)34-23(30(42)43-12)17-14-15-18-44-22(5)37/h13-16,19-21,23,25-26H,17-18H2,1-12H3,(H,33,40)(H,34,41)(H,35,38)(H,36,39). The molecule has 0 aromatic heterocycles. The van der Waals surface area contributed by atoms with E-state index in [-0.39, 0.29) is 13.0 Å².